The number of rotatable bonds is 9. The number of carbonyl (C=O) groups is 3. The molecule has 0 atom stereocenters. The molecule has 8 heteroatoms. The Labute approximate surface area is 155 Å². The van der Waals surface area contributed by atoms with Crippen LogP contribution in [0.15, 0.2) is 35.4 Å². The van der Waals surface area contributed by atoms with E-state index in [2.05, 4.69) is 10.3 Å². The Balaban J connectivity index is 1.29. The highest BCUT2D eigenvalue weighted by Gasteiger charge is 2.28. The minimum atomic E-state index is -0.138. The van der Waals surface area contributed by atoms with Gasteiger partial charge in [-0.05, 0) is 6.07 Å². The Hall–Kier alpha value is -2.32. The molecule has 7 nitrogen and oxygen atoms in total. The zero-order chi connectivity index (χ0) is 18.4. The summed E-state index contributed by atoms with van der Waals surface area (Å²) in [7, 11) is 0. The van der Waals surface area contributed by atoms with Crippen LogP contribution >= 0.6 is 11.8 Å². The zero-order valence-corrected chi connectivity index (χ0v) is 15.1. The van der Waals surface area contributed by atoms with E-state index in [9.17, 15) is 14.4 Å². The Morgan fingerprint density at radius 3 is 2.77 bits per heavy atom. The molecule has 3 amide bonds. The first-order chi connectivity index (χ1) is 12.6. The van der Waals surface area contributed by atoms with Gasteiger partial charge in [-0.25, -0.2) is 0 Å². The van der Waals surface area contributed by atoms with Gasteiger partial charge in [-0.15, -0.1) is 11.8 Å². The van der Waals surface area contributed by atoms with Gasteiger partial charge in [0.05, 0.1) is 25.5 Å². The number of likely N-dealkylation sites (tertiary alicyclic amines) is 1. The number of nitrogens with one attached hydrogen (secondary N) is 2. The monoisotopic (exact) mass is 375 g/mol. The fourth-order valence-corrected chi connectivity index (χ4v) is 3.62. The van der Waals surface area contributed by atoms with Gasteiger partial charge in [-0.2, -0.15) is 0 Å². The molecular formula is C18H21N3O4S. The third-order valence-electron chi connectivity index (χ3n) is 4.09. The molecule has 26 heavy (non-hydrogen) atoms. The van der Waals surface area contributed by atoms with Gasteiger partial charge in [0.1, 0.15) is 0 Å². The molecule has 0 spiro atoms. The van der Waals surface area contributed by atoms with Crippen molar-refractivity contribution in [3.63, 3.8) is 0 Å². The molecule has 3 rings (SSSR count). The lowest BCUT2D eigenvalue weighted by Crippen LogP contribution is -2.33. The number of para-hydroxylation sites is 1. The van der Waals surface area contributed by atoms with Crippen molar-refractivity contribution in [1.29, 1.82) is 0 Å². The second kappa shape index (κ2) is 8.86. The van der Waals surface area contributed by atoms with Gasteiger partial charge in [0, 0.05) is 41.4 Å². The highest BCUT2D eigenvalue weighted by Crippen LogP contribution is 2.27. The van der Waals surface area contributed by atoms with E-state index < -0.39 is 0 Å². The van der Waals surface area contributed by atoms with E-state index in [0.717, 1.165) is 15.8 Å². The average molecular weight is 375 g/mol. The van der Waals surface area contributed by atoms with Crippen molar-refractivity contribution in [3.8, 4) is 0 Å². The lowest BCUT2D eigenvalue weighted by Gasteiger charge is -2.13. The maximum absolute atomic E-state index is 11.9. The number of hydrogen-bond donors (Lipinski definition) is 2. The van der Waals surface area contributed by atoms with Gasteiger partial charge in [0.2, 0.25) is 17.7 Å². The number of imide groups is 1. The highest BCUT2D eigenvalue weighted by molar-refractivity contribution is 8.00. The van der Waals surface area contributed by atoms with E-state index in [1.807, 2.05) is 30.5 Å². The Kier molecular flexibility index (Phi) is 6.30. The van der Waals surface area contributed by atoms with Crippen LogP contribution in [0.2, 0.25) is 0 Å². The molecule has 1 aromatic carbocycles. The molecule has 1 fully saturated rings. The van der Waals surface area contributed by atoms with Crippen molar-refractivity contribution in [2.24, 2.45) is 0 Å². The molecule has 138 valence electrons. The number of ether oxygens (including phenoxy) is 1. The van der Waals surface area contributed by atoms with E-state index in [1.165, 1.54) is 16.7 Å². The maximum Gasteiger partial charge on any atom is 0.230 e. The van der Waals surface area contributed by atoms with Crippen LogP contribution in [0.25, 0.3) is 10.9 Å². The first-order valence-corrected chi connectivity index (χ1v) is 9.50. The van der Waals surface area contributed by atoms with E-state index >= 15 is 0 Å². The summed E-state index contributed by atoms with van der Waals surface area (Å²) < 4.78 is 5.38. The van der Waals surface area contributed by atoms with Crippen LogP contribution in [-0.4, -0.2) is 59.7 Å². The van der Waals surface area contributed by atoms with E-state index in [-0.39, 0.29) is 30.9 Å². The molecule has 2 heterocycles. The van der Waals surface area contributed by atoms with Crippen molar-refractivity contribution in [3.05, 3.63) is 30.5 Å². The molecule has 2 aromatic rings. The van der Waals surface area contributed by atoms with E-state index in [0.29, 0.717) is 31.7 Å². The summed E-state index contributed by atoms with van der Waals surface area (Å²) >= 11 is 1.48. The van der Waals surface area contributed by atoms with Crippen LogP contribution in [0, 0.1) is 0 Å². The normalized spacial score (nSPS) is 14.4. The molecule has 0 unspecified atom stereocenters. The van der Waals surface area contributed by atoms with Crippen LogP contribution in [0.1, 0.15) is 12.8 Å². The van der Waals surface area contributed by atoms with Crippen LogP contribution in [0.3, 0.4) is 0 Å². The molecule has 1 saturated heterocycles. The summed E-state index contributed by atoms with van der Waals surface area (Å²) in [4.78, 5) is 40.2. The summed E-state index contributed by atoms with van der Waals surface area (Å²) in [5.41, 5.74) is 1.05. The SMILES string of the molecule is O=C(CSc1c[nH]c2ccccc12)NCCOCCN1C(=O)CCC1=O. The topological polar surface area (TPSA) is 91.5 Å². The van der Waals surface area contributed by atoms with Crippen molar-refractivity contribution in [2.75, 3.05) is 32.1 Å². The quantitative estimate of drug-likeness (QED) is 0.394. The number of nitrogens with zero attached hydrogens (tertiary/aromatic N) is 1. The summed E-state index contributed by atoms with van der Waals surface area (Å²) in [6.45, 7) is 1.31. The maximum atomic E-state index is 11.9. The first kappa shape index (κ1) is 18.5. The third kappa shape index (κ3) is 4.64. The average Bonchev–Trinajstić information content (AvgIpc) is 3.20. The van der Waals surface area contributed by atoms with Gasteiger partial charge in [0.25, 0.3) is 0 Å². The van der Waals surface area contributed by atoms with Crippen molar-refractivity contribution < 1.29 is 19.1 Å². The standard InChI is InChI=1S/C18H21N3O4S/c22-16(12-26-15-11-20-14-4-2-1-3-13(14)15)19-7-9-25-10-8-21-17(23)5-6-18(21)24/h1-4,11,20H,5-10,12H2,(H,19,22). The molecule has 1 aliphatic rings. The predicted octanol–water partition coefficient (Wildman–Crippen LogP) is 1.54. The highest BCUT2D eigenvalue weighted by atomic mass is 32.2. The minimum Gasteiger partial charge on any atom is -0.378 e. The fourth-order valence-electron chi connectivity index (χ4n) is 2.75. The third-order valence-corrected chi connectivity index (χ3v) is 5.15. The number of aromatic amines is 1. The summed E-state index contributed by atoms with van der Waals surface area (Å²) in [6, 6.07) is 7.96. The number of aromatic nitrogens is 1. The van der Waals surface area contributed by atoms with Gasteiger partial charge >= 0.3 is 0 Å². The van der Waals surface area contributed by atoms with Crippen molar-refractivity contribution in [2.45, 2.75) is 17.7 Å². The number of thioether (sulfide) groups is 1. The number of hydrogen-bond acceptors (Lipinski definition) is 5. The largest absolute Gasteiger partial charge is 0.378 e. The Bertz CT molecular complexity index is 789. The minimum absolute atomic E-state index is 0.0613. The van der Waals surface area contributed by atoms with Crippen LogP contribution in [0.5, 0.6) is 0 Å². The van der Waals surface area contributed by atoms with E-state index in [4.69, 9.17) is 4.74 Å². The first-order valence-electron chi connectivity index (χ1n) is 8.51. The number of fused-ring (bicyclic) bond motifs is 1. The van der Waals surface area contributed by atoms with Crippen molar-refractivity contribution >= 4 is 40.4 Å². The molecular weight excluding hydrogens is 354 g/mol. The van der Waals surface area contributed by atoms with Gasteiger partial charge in [-0.1, -0.05) is 18.2 Å². The molecule has 0 saturated carbocycles. The molecule has 2 N–H and O–H groups in total. The molecule has 1 aliphatic heterocycles. The van der Waals surface area contributed by atoms with Crippen molar-refractivity contribution in [1.82, 2.24) is 15.2 Å². The number of benzene rings is 1. The second-order valence-corrected chi connectivity index (χ2v) is 6.91. The van der Waals surface area contributed by atoms with Crippen LogP contribution in [-0.2, 0) is 19.1 Å². The van der Waals surface area contributed by atoms with E-state index in [1.54, 1.807) is 0 Å². The Morgan fingerprint density at radius 2 is 1.96 bits per heavy atom. The second-order valence-electron chi connectivity index (χ2n) is 5.89. The van der Waals surface area contributed by atoms with Gasteiger partial charge in [0.15, 0.2) is 0 Å². The number of H-pyrrole nitrogens is 1. The Morgan fingerprint density at radius 1 is 1.19 bits per heavy atom. The van der Waals surface area contributed by atoms with Crippen LogP contribution < -0.4 is 5.32 Å². The summed E-state index contributed by atoms with van der Waals surface area (Å²) in [5.74, 6) is -0.00488. The zero-order valence-electron chi connectivity index (χ0n) is 14.3. The summed E-state index contributed by atoms with van der Waals surface area (Å²) in [6.07, 6.45) is 2.50. The fraction of sp³-hybridized carbons (Fsp3) is 0.389. The van der Waals surface area contributed by atoms with Crippen LogP contribution in [0.4, 0.5) is 0 Å². The van der Waals surface area contributed by atoms with Gasteiger partial charge < -0.3 is 15.0 Å². The number of amides is 3. The summed E-state index contributed by atoms with van der Waals surface area (Å²) in [5, 5.41) is 3.91. The molecule has 0 aliphatic carbocycles. The lowest BCUT2D eigenvalue weighted by molar-refractivity contribution is -0.139. The number of carbonyl (C=O) groups excluding carboxylic acids is 3. The molecule has 0 radical (unpaired) electrons. The smallest absolute Gasteiger partial charge is 0.230 e. The molecule has 1 aromatic heterocycles. The van der Waals surface area contributed by atoms with Gasteiger partial charge in [-0.3, -0.25) is 19.3 Å². The molecule has 0 bridgehead atoms. The predicted molar refractivity (Wildman–Crippen MR) is 98.8 cm³/mol. The lowest BCUT2D eigenvalue weighted by atomic mass is 10.2.